The Hall–Kier alpha value is -0.290. The molecule has 3 nitrogen and oxygen atoms in total. The molecule has 1 heterocycles. The maximum atomic E-state index is 11.1. The second kappa shape index (κ2) is 6.44. The number of fused-ring (bicyclic) bond motifs is 1. The van der Waals surface area contributed by atoms with E-state index in [1.807, 2.05) is 4.57 Å². The SMILES string of the molecule is CS(=O)CCCn1c(CCl)nc2cc(Cl)c(Cl)cc21. The van der Waals surface area contributed by atoms with Crippen molar-refractivity contribution in [2.45, 2.75) is 18.8 Å². The normalized spacial score (nSPS) is 13.1. The maximum absolute atomic E-state index is 11.1. The Labute approximate surface area is 129 Å². The summed E-state index contributed by atoms with van der Waals surface area (Å²) in [5, 5.41) is 0.977. The molecule has 1 aromatic heterocycles. The van der Waals surface area contributed by atoms with Crippen LogP contribution >= 0.6 is 34.8 Å². The molecule has 2 aromatic rings. The molecule has 104 valence electrons. The number of rotatable bonds is 5. The Morgan fingerprint density at radius 2 is 2.00 bits per heavy atom. The van der Waals surface area contributed by atoms with Gasteiger partial charge in [-0.1, -0.05) is 23.2 Å². The summed E-state index contributed by atoms with van der Waals surface area (Å²) < 4.78 is 13.1. The number of benzene rings is 1. The third kappa shape index (κ3) is 3.43. The van der Waals surface area contributed by atoms with Crippen LogP contribution in [0, 0.1) is 0 Å². The highest BCUT2D eigenvalue weighted by atomic mass is 35.5. The summed E-state index contributed by atoms with van der Waals surface area (Å²) in [6, 6.07) is 3.54. The van der Waals surface area contributed by atoms with Crippen molar-refractivity contribution in [3.05, 3.63) is 28.0 Å². The van der Waals surface area contributed by atoms with Crippen molar-refractivity contribution in [1.29, 1.82) is 0 Å². The molecule has 0 N–H and O–H groups in total. The lowest BCUT2D eigenvalue weighted by molar-refractivity contribution is 0.657. The molecule has 0 aliphatic rings. The van der Waals surface area contributed by atoms with Gasteiger partial charge in [-0.25, -0.2) is 4.98 Å². The molecule has 1 atom stereocenters. The van der Waals surface area contributed by atoms with Gasteiger partial charge in [0, 0.05) is 29.4 Å². The Bertz CT molecular complexity index is 627. The number of hydrogen-bond donors (Lipinski definition) is 0. The van der Waals surface area contributed by atoms with Gasteiger partial charge in [0.1, 0.15) is 5.82 Å². The van der Waals surface area contributed by atoms with E-state index in [0.717, 1.165) is 29.8 Å². The fourth-order valence-corrected chi connectivity index (χ4v) is 3.00. The summed E-state index contributed by atoms with van der Waals surface area (Å²) in [5.41, 5.74) is 1.69. The number of alkyl halides is 1. The van der Waals surface area contributed by atoms with E-state index >= 15 is 0 Å². The summed E-state index contributed by atoms with van der Waals surface area (Å²) in [6.07, 6.45) is 2.50. The third-order valence-electron chi connectivity index (χ3n) is 2.80. The molecule has 0 amide bonds. The molecule has 0 saturated carbocycles. The number of aromatic nitrogens is 2. The summed E-state index contributed by atoms with van der Waals surface area (Å²) in [4.78, 5) is 4.44. The Morgan fingerprint density at radius 1 is 1.32 bits per heavy atom. The summed E-state index contributed by atoms with van der Waals surface area (Å²) in [5.74, 6) is 1.75. The first-order chi connectivity index (χ1) is 9.02. The van der Waals surface area contributed by atoms with Crippen molar-refractivity contribution in [3.8, 4) is 0 Å². The van der Waals surface area contributed by atoms with Crippen LogP contribution in [0.5, 0.6) is 0 Å². The summed E-state index contributed by atoms with van der Waals surface area (Å²) in [6.45, 7) is 0.718. The molecular weight excluding hydrogens is 327 g/mol. The molecule has 0 bridgehead atoms. The zero-order valence-corrected chi connectivity index (χ0v) is 13.4. The smallest absolute Gasteiger partial charge is 0.124 e. The second-order valence-corrected chi connectivity index (χ2v) is 6.84. The highest BCUT2D eigenvalue weighted by Crippen LogP contribution is 2.28. The first-order valence-corrected chi connectivity index (χ1v) is 8.75. The predicted octanol–water partition coefficient (Wildman–Crippen LogP) is 3.85. The molecule has 7 heteroatoms. The van der Waals surface area contributed by atoms with Crippen molar-refractivity contribution in [2.24, 2.45) is 0 Å². The Morgan fingerprint density at radius 3 is 2.63 bits per heavy atom. The van der Waals surface area contributed by atoms with Crippen molar-refractivity contribution < 1.29 is 4.21 Å². The minimum Gasteiger partial charge on any atom is -0.327 e. The summed E-state index contributed by atoms with van der Waals surface area (Å²) >= 11 is 17.9. The van der Waals surface area contributed by atoms with Crippen LogP contribution in [0.2, 0.25) is 10.0 Å². The van der Waals surface area contributed by atoms with Gasteiger partial charge in [0.25, 0.3) is 0 Å². The average Bonchev–Trinajstić information content (AvgIpc) is 2.67. The van der Waals surface area contributed by atoms with E-state index in [-0.39, 0.29) is 0 Å². The van der Waals surface area contributed by atoms with Crippen molar-refractivity contribution in [2.75, 3.05) is 12.0 Å². The zero-order valence-electron chi connectivity index (χ0n) is 10.3. The maximum Gasteiger partial charge on any atom is 0.124 e. The van der Waals surface area contributed by atoms with E-state index in [2.05, 4.69) is 4.98 Å². The molecule has 2 rings (SSSR count). The highest BCUT2D eigenvalue weighted by molar-refractivity contribution is 7.84. The largest absolute Gasteiger partial charge is 0.327 e. The molecule has 19 heavy (non-hydrogen) atoms. The number of nitrogens with zero attached hydrogens (tertiary/aromatic N) is 2. The lowest BCUT2D eigenvalue weighted by atomic mass is 10.3. The number of aryl methyl sites for hydroxylation is 1. The first-order valence-electron chi connectivity index (χ1n) is 5.73. The van der Waals surface area contributed by atoms with Gasteiger partial charge < -0.3 is 4.57 Å². The van der Waals surface area contributed by atoms with Gasteiger partial charge in [0.05, 0.1) is 27.0 Å². The van der Waals surface area contributed by atoms with Gasteiger partial charge >= 0.3 is 0 Å². The van der Waals surface area contributed by atoms with Crippen LogP contribution < -0.4 is 0 Å². The van der Waals surface area contributed by atoms with E-state index in [9.17, 15) is 4.21 Å². The fourth-order valence-electron chi connectivity index (χ4n) is 1.95. The average molecular weight is 340 g/mol. The molecule has 0 fully saturated rings. The lowest BCUT2D eigenvalue weighted by Crippen LogP contribution is -2.06. The highest BCUT2D eigenvalue weighted by Gasteiger charge is 2.12. The number of hydrogen-bond acceptors (Lipinski definition) is 2. The van der Waals surface area contributed by atoms with E-state index in [1.54, 1.807) is 18.4 Å². The van der Waals surface area contributed by atoms with Crippen LogP contribution in [0.3, 0.4) is 0 Å². The molecule has 0 aliphatic carbocycles. The molecular formula is C12H13Cl3N2OS. The minimum atomic E-state index is -0.791. The van der Waals surface area contributed by atoms with Gasteiger partial charge in [0.15, 0.2) is 0 Å². The minimum absolute atomic E-state index is 0.319. The van der Waals surface area contributed by atoms with E-state index in [4.69, 9.17) is 34.8 Å². The molecule has 0 spiro atoms. The predicted molar refractivity (Wildman–Crippen MR) is 82.9 cm³/mol. The molecule has 1 aromatic carbocycles. The van der Waals surface area contributed by atoms with Crippen LogP contribution in [0.15, 0.2) is 12.1 Å². The van der Waals surface area contributed by atoms with Crippen LogP contribution in [-0.4, -0.2) is 25.8 Å². The van der Waals surface area contributed by atoms with Crippen LogP contribution in [0.25, 0.3) is 11.0 Å². The molecule has 0 radical (unpaired) electrons. The number of halogens is 3. The lowest BCUT2D eigenvalue weighted by Gasteiger charge is -2.07. The topological polar surface area (TPSA) is 34.9 Å². The van der Waals surface area contributed by atoms with Crippen molar-refractivity contribution >= 4 is 56.6 Å². The monoisotopic (exact) mass is 338 g/mol. The quantitative estimate of drug-likeness (QED) is 0.776. The molecule has 0 aliphatic heterocycles. The molecule has 1 unspecified atom stereocenters. The van der Waals surface area contributed by atoms with Crippen LogP contribution in [0.4, 0.5) is 0 Å². The van der Waals surface area contributed by atoms with Gasteiger partial charge in [-0.05, 0) is 18.6 Å². The van der Waals surface area contributed by atoms with Gasteiger partial charge in [-0.3, -0.25) is 4.21 Å². The first kappa shape index (κ1) is 15.1. The fraction of sp³-hybridized carbons (Fsp3) is 0.417. The van der Waals surface area contributed by atoms with Crippen LogP contribution in [0.1, 0.15) is 12.2 Å². The zero-order chi connectivity index (χ0) is 14.0. The van der Waals surface area contributed by atoms with Gasteiger partial charge in [-0.15, -0.1) is 11.6 Å². The van der Waals surface area contributed by atoms with Crippen LogP contribution in [-0.2, 0) is 23.2 Å². The van der Waals surface area contributed by atoms with Crippen molar-refractivity contribution in [1.82, 2.24) is 9.55 Å². The second-order valence-electron chi connectivity index (χ2n) is 4.20. The third-order valence-corrected chi connectivity index (χ3v) is 4.63. The van der Waals surface area contributed by atoms with Gasteiger partial charge in [0.2, 0.25) is 0 Å². The Balaban J connectivity index is 2.39. The van der Waals surface area contributed by atoms with Crippen molar-refractivity contribution in [3.63, 3.8) is 0 Å². The van der Waals surface area contributed by atoms with E-state index in [0.29, 0.717) is 21.7 Å². The molecule has 0 saturated heterocycles. The van der Waals surface area contributed by atoms with Gasteiger partial charge in [-0.2, -0.15) is 0 Å². The Kier molecular flexibility index (Phi) is 5.12. The van der Waals surface area contributed by atoms with E-state index < -0.39 is 10.8 Å². The number of imidazole rings is 1. The standard InChI is InChI=1S/C12H13Cl3N2OS/c1-19(18)4-2-3-17-11-6-9(15)8(14)5-10(11)16-12(17)7-13/h5-6H,2-4,7H2,1H3. The summed E-state index contributed by atoms with van der Waals surface area (Å²) in [7, 11) is -0.791. The van der Waals surface area contributed by atoms with E-state index in [1.165, 1.54) is 0 Å².